The van der Waals surface area contributed by atoms with Crippen molar-refractivity contribution in [3.8, 4) is 0 Å². The van der Waals surface area contributed by atoms with Crippen LogP contribution < -0.4 is 26.4 Å². The molecule has 2 fully saturated rings. The van der Waals surface area contributed by atoms with Crippen molar-refractivity contribution in [2.45, 2.75) is 72.8 Å². The number of rotatable bonds is 23. The molecule has 358 valence electrons. The summed E-state index contributed by atoms with van der Waals surface area (Å²) in [6.45, 7) is 15.6. The van der Waals surface area contributed by atoms with Gasteiger partial charge in [0.2, 0.25) is 11.9 Å². The van der Waals surface area contributed by atoms with E-state index in [1.54, 1.807) is 30.0 Å². The minimum absolute atomic E-state index is 0.00326. The van der Waals surface area contributed by atoms with Gasteiger partial charge < -0.3 is 39.4 Å². The van der Waals surface area contributed by atoms with Gasteiger partial charge in [-0.1, -0.05) is 18.9 Å². The second-order valence-electron chi connectivity index (χ2n) is 16.7. The molecule has 7 rings (SSSR count). The molecule has 4 aromatic heterocycles. The Morgan fingerprint density at radius 3 is 2.12 bits per heavy atom. The lowest BCUT2D eigenvalue weighted by molar-refractivity contribution is -0.132. The van der Waals surface area contributed by atoms with E-state index in [1.807, 2.05) is 49.9 Å². The van der Waals surface area contributed by atoms with Crippen LogP contribution in [0.25, 0.3) is 11.0 Å². The average molecular weight is 939 g/mol. The summed E-state index contributed by atoms with van der Waals surface area (Å²) in [5.74, 6) is 0.504. The Morgan fingerprint density at radius 1 is 0.791 bits per heavy atom. The smallest absolute Gasteiger partial charge is 0.263 e. The van der Waals surface area contributed by atoms with Crippen LogP contribution in [0.1, 0.15) is 87.5 Å². The minimum Gasteiger partial charge on any atom is -0.382 e. The number of pyridine rings is 2. The lowest BCUT2D eigenvalue weighted by Gasteiger charge is -2.36. The first kappa shape index (κ1) is 49.1. The predicted octanol–water partition coefficient (Wildman–Crippen LogP) is 6.41. The number of Topliss-reactive ketones (excluding diaryl/α,β-unsaturated/α-hetero) is 1. The molecule has 2 aliphatic rings. The Balaban J connectivity index is 0.715. The Morgan fingerprint density at radius 2 is 1.48 bits per heavy atom. The van der Waals surface area contributed by atoms with Crippen molar-refractivity contribution in [2.24, 2.45) is 0 Å². The molecule has 0 atom stereocenters. The molecule has 0 bridgehead atoms. The largest absolute Gasteiger partial charge is 0.382 e. The monoisotopic (exact) mass is 938 g/mol. The standard InChI is InChI=1S/C48H62N10O8S/c1-31-38(45(61)55-48-52-33(3)35(5)67-48)11-8-12-40(31)49-16-22-64-24-26-66-28-27-65-25-23-63-21-15-42(60)57-19-17-56(18-20-57)37-13-14-41(50-29-37)53-47-51-30-39-32(2)43(34(4)59)46(62)58(44(39)54-47)36-9-6-7-10-36/h8,11-14,29-30,36,49H,6-7,9-10,15-28H2,1-5H3,(H,52,55,61)(H,50,51,53,54). The van der Waals surface area contributed by atoms with E-state index >= 15 is 0 Å². The average Bonchev–Trinajstić information content (AvgIpc) is 3.96. The van der Waals surface area contributed by atoms with E-state index in [0.29, 0.717) is 131 Å². The van der Waals surface area contributed by atoms with Crippen LogP contribution in [0.3, 0.4) is 0 Å². The number of hydrogen-bond acceptors (Lipinski definition) is 16. The summed E-state index contributed by atoms with van der Waals surface area (Å²) < 4.78 is 24.3. The molecule has 3 N–H and O–H groups in total. The number of thiazole rings is 1. The number of anilines is 5. The van der Waals surface area contributed by atoms with Crippen molar-refractivity contribution >= 4 is 68.2 Å². The third-order valence-electron chi connectivity index (χ3n) is 12.2. The number of benzene rings is 1. The number of carbonyl (C=O) groups is 3. The molecule has 0 unspecified atom stereocenters. The first-order valence-corrected chi connectivity index (χ1v) is 23.9. The molecular formula is C48H62N10O8S. The predicted molar refractivity (Wildman–Crippen MR) is 259 cm³/mol. The van der Waals surface area contributed by atoms with Gasteiger partial charge in [0.1, 0.15) is 11.5 Å². The fourth-order valence-corrected chi connectivity index (χ4v) is 9.20. The number of ketones is 1. The molecule has 1 saturated heterocycles. The number of hydrogen-bond donors (Lipinski definition) is 3. The van der Waals surface area contributed by atoms with Crippen LogP contribution in [0.5, 0.6) is 0 Å². The highest BCUT2D eigenvalue weighted by atomic mass is 32.1. The number of piperazine rings is 1. The summed E-state index contributed by atoms with van der Waals surface area (Å²) in [6.07, 6.45) is 7.57. The maximum atomic E-state index is 13.6. The van der Waals surface area contributed by atoms with Crippen LogP contribution in [0, 0.1) is 27.7 Å². The highest BCUT2D eigenvalue weighted by Gasteiger charge is 2.26. The van der Waals surface area contributed by atoms with Gasteiger partial charge in [0.05, 0.1) is 82.4 Å². The molecular weight excluding hydrogens is 877 g/mol. The van der Waals surface area contributed by atoms with Crippen molar-refractivity contribution in [1.29, 1.82) is 0 Å². The molecule has 1 aliphatic carbocycles. The zero-order valence-electron chi connectivity index (χ0n) is 39.2. The molecule has 1 aliphatic heterocycles. The van der Waals surface area contributed by atoms with Gasteiger partial charge in [-0.25, -0.2) is 15.0 Å². The van der Waals surface area contributed by atoms with Crippen molar-refractivity contribution < 1.29 is 33.3 Å². The van der Waals surface area contributed by atoms with E-state index < -0.39 is 0 Å². The summed E-state index contributed by atoms with van der Waals surface area (Å²) in [7, 11) is 0. The van der Waals surface area contributed by atoms with E-state index in [4.69, 9.17) is 23.9 Å². The Hall–Kier alpha value is -5.86. The maximum absolute atomic E-state index is 13.6. The summed E-state index contributed by atoms with van der Waals surface area (Å²) >= 11 is 1.47. The molecule has 2 amide bonds. The van der Waals surface area contributed by atoms with Gasteiger partial charge in [0.25, 0.3) is 11.5 Å². The van der Waals surface area contributed by atoms with E-state index in [9.17, 15) is 19.2 Å². The normalized spacial score (nSPS) is 14.2. The van der Waals surface area contributed by atoms with E-state index in [0.717, 1.165) is 53.2 Å². The second kappa shape index (κ2) is 23.7. The van der Waals surface area contributed by atoms with Gasteiger partial charge in [-0.15, -0.1) is 11.3 Å². The zero-order chi connectivity index (χ0) is 47.3. The SMILES string of the molecule is CC(=O)c1c(C)c2cnc(Nc3ccc(N4CCN(C(=O)CCOCCOCCOCCOCCNc5cccc(C(=O)Nc6nc(C)c(C)s6)c5C)CC4)cn3)nc2n(C2CCCC2)c1=O. The number of aryl methyl sites for hydroxylation is 3. The van der Waals surface area contributed by atoms with Crippen LogP contribution in [-0.2, 0) is 23.7 Å². The van der Waals surface area contributed by atoms with Crippen molar-refractivity contribution in [3.63, 3.8) is 0 Å². The van der Waals surface area contributed by atoms with E-state index in [-0.39, 0.29) is 34.8 Å². The van der Waals surface area contributed by atoms with Crippen LogP contribution in [0.4, 0.5) is 28.3 Å². The summed E-state index contributed by atoms with van der Waals surface area (Å²) in [5, 5.41) is 10.7. The first-order valence-electron chi connectivity index (χ1n) is 23.1. The number of carbonyl (C=O) groups excluding carboxylic acids is 3. The summed E-state index contributed by atoms with van der Waals surface area (Å²) in [5.41, 5.74) is 5.24. The van der Waals surface area contributed by atoms with Crippen LogP contribution in [-0.4, -0.2) is 133 Å². The molecule has 0 radical (unpaired) electrons. The molecule has 5 aromatic rings. The first-order chi connectivity index (χ1) is 32.5. The van der Waals surface area contributed by atoms with Crippen LogP contribution in [0.2, 0.25) is 0 Å². The molecule has 5 heterocycles. The molecule has 19 heteroatoms. The van der Waals surface area contributed by atoms with Gasteiger partial charge in [-0.05, 0) is 82.9 Å². The van der Waals surface area contributed by atoms with E-state index in [2.05, 4.69) is 35.8 Å². The number of aromatic nitrogens is 5. The zero-order valence-corrected chi connectivity index (χ0v) is 40.0. The van der Waals surface area contributed by atoms with Gasteiger partial charge in [0, 0.05) is 66.5 Å². The molecule has 1 saturated carbocycles. The lowest BCUT2D eigenvalue weighted by atomic mass is 10.0. The summed E-state index contributed by atoms with van der Waals surface area (Å²) in [6, 6.07) is 9.44. The highest BCUT2D eigenvalue weighted by Crippen LogP contribution is 2.32. The van der Waals surface area contributed by atoms with Crippen LogP contribution >= 0.6 is 11.3 Å². The third-order valence-corrected chi connectivity index (χ3v) is 13.2. The molecule has 67 heavy (non-hydrogen) atoms. The minimum atomic E-state index is -0.286. The molecule has 1 aromatic carbocycles. The topological polar surface area (TPSA) is 204 Å². The van der Waals surface area contributed by atoms with Gasteiger partial charge in [0.15, 0.2) is 10.9 Å². The maximum Gasteiger partial charge on any atom is 0.263 e. The van der Waals surface area contributed by atoms with Crippen molar-refractivity contribution in [3.05, 3.63) is 85.9 Å². The summed E-state index contributed by atoms with van der Waals surface area (Å²) in [4.78, 5) is 75.2. The van der Waals surface area contributed by atoms with Crippen molar-refractivity contribution in [1.82, 2.24) is 29.4 Å². The quantitative estimate of drug-likeness (QED) is 0.0479. The lowest BCUT2D eigenvalue weighted by Crippen LogP contribution is -2.49. The Kier molecular flexibility index (Phi) is 17.4. The fourth-order valence-electron chi connectivity index (χ4n) is 8.39. The van der Waals surface area contributed by atoms with E-state index in [1.165, 1.54) is 18.3 Å². The number of fused-ring (bicyclic) bond motifs is 1. The molecule has 18 nitrogen and oxygen atoms in total. The van der Waals surface area contributed by atoms with Crippen molar-refractivity contribution in [2.75, 3.05) is 106 Å². The highest BCUT2D eigenvalue weighted by molar-refractivity contribution is 7.15. The second-order valence-corrected chi connectivity index (χ2v) is 17.9. The van der Waals surface area contributed by atoms with Gasteiger partial charge in [-0.2, -0.15) is 4.98 Å². The number of nitrogens with zero attached hydrogens (tertiary/aromatic N) is 7. The third kappa shape index (κ3) is 12.8. The fraction of sp³-hybridized carbons (Fsp3) is 0.500. The van der Waals surface area contributed by atoms with Gasteiger partial charge in [-0.3, -0.25) is 29.1 Å². The Labute approximate surface area is 394 Å². The van der Waals surface area contributed by atoms with Crippen LogP contribution in [0.15, 0.2) is 47.5 Å². The number of amides is 2. The number of ether oxygens (including phenoxy) is 4. The molecule has 0 spiro atoms. The Bertz CT molecular complexity index is 2530. The number of nitrogens with one attached hydrogen (secondary N) is 3. The van der Waals surface area contributed by atoms with Gasteiger partial charge >= 0.3 is 0 Å².